The van der Waals surface area contributed by atoms with Gasteiger partial charge in [0.15, 0.2) is 17.2 Å². The van der Waals surface area contributed by atoms with Crippen LogP contribution in [0, 0.1) is 0 Å². The molecule has 284 valence electrons. The fraction of sp³-hybridized carbons (Fsp3) is 0. The molecule has 13 rings (SSSR count). The second kappa shape index (κ2) is 13.0. The maximum Gasteiger partial charge on any atom is 0.238 e. The summed E-state index contributed by atoms with van der Waals surface area (Å²) in [4.78, 5) is 21.0. The monoisotopic (exact) mass is 780 g/mol. The highest BCUT2D eigenvalue weighted by Crippen LogP contribution is 2.42. The molecule has 0 aliphatic carbocycles. The lowest BCUT2D eigenvalue weighted by Gasteiger charge is -2.14. The summed E-state index contributed by atoms with van der Waals surface area (Å²) >= 11 is 0. The van der Waals surface area contributed by atoms with E-state index in [1.165, 1.54) is 0 Å². The number of nitrogens with zero attached hydrogens (tertiary/aromatic N) is 6. The second-order valence-electron chi connectivity index (χ2n) is 15.4. The van der Waals surface area contributed by atoms with Crippen LogP contribution in [0.4, 0.5) is 0 Å². The number of hydrogen-bond donors (Lipinski definition) is 0. The Morgan fingerprint density at radius 2 is 0.869 bits per heavy atom. The van der Waals surface area contributed by atoms with Gasteiger partial charge in [-0.25, -0.2) is 9.97 Å². The first kappa shape index (κ1) is 33.5. The predicted octanol–water partition coefficient (Wildman–Crippen LogP) is 13.5. The molecule has 4 heterocycles. The molecule has 13 aromatic rings. The lowest BCUT2D eigenvalue weighted by molar-refractivity contribution is 0.620. The van der Waals surface area contributed by atoms with Crippen molar-refractivity contribution in [3.63, 3.8) is 0 Å². The average molecular weight is 781 g/mol. The van der Waals surface area contributed by atoms with E-state index < -0.39 is 0 Å². The van der Waals surface area contributed by atoms with Crippen LogP contribution >= 0.6 is 0 Å². The fourth-order valence-electron chi connectivity index (χ4n) is 9.27. The summed E-state index contributed by atoms with van der Waals surface area (Å²) in [6.45, 7) is 0. The molecule has 0 radical (unpaired) electrons. The fourth-order valence-corrected chi connectivity index (χ4v) is 9.27. The summed E-state index contributed by atoms with van der Waals surface area (Å²) in [7, 11) is 0. The molecule has 0 aliphatic heterocycles. The largest absolute Gasteiger partial charge is 0.436 e. The van der Waals surface area contributed by atoms with Crippen molar-refractivity contribution < 1.29 is 4.42 Å². The Hall–Kier alpha value is -8.42. The quantitative estimate of drug-likeness (QED) is 0.174. The molecule has 61 heavy (non-hydrogen) atoms. The third kappa shape index (κ3) is 5.11. The van der Waals surface area contributed by atoms with Crippen molar-refractivity contribution in [2.75, 3.05) is 0 Å². The van der Waals surface area contributed by atoms with Crippen LogP contribution in [0.2, 0.25) is 0 Å². The number of rotatable bonds is 5. The third-order valence-electron chi connectivity index (χ3n) is 12.0. The van der Waals surface area contributed by atoms with Gasteiger partial charge in [0.25, 0.3) is 0 Å². The van der Waals surface area contributed by atoms with Gasteiger partial charge in [-0.1, -0.05) is 146 Å². The predicted molar refractivity (Wildman–Crippen MR) is 247 cm³/mol. The van der Waals surface area contributed by atoms with Gasteiger partial charge in [-0.15, -0.1) is 0 Å². The second-order valence-corrected chi connectivity index (χ2v) is 15.4. The van der Waals surface area contributed by atoms with Gasteiger partial charge in [0.1, 0.15) is 5.52 Å². The van der Waals surface area contributed by atoms with Crippen LogP contribution in [0.15, 0.2) is 199 Å². The van der Waals surface area contributed by atoms with Crippen molar-refractivity contribution >= 4 is 76.3 Å². The van der Waals surface area contributed by atoms with Crippen LogP contribution in [0.3, 0.4) is 0 Å². The van der Waals surface area contributed by atoms with E-state index in [2.05, 4.69) is 179 Å². The van der Waals surface area contributed by atoms with E-state index >= 15 is 0 Å². The number of oxazole rings is 1. The molecule has 0 saturated heterocycles. The highest BCUT2D eigenvalue weighted by Gasteiger charge is 2.24. The van der Waals surface area contributed by atoms with Crippen molar-refractivity contribution in [2.45, 2.75) is 0 Å². The van der Waals surface area contributed by atoms with Crippen molar-refractivity contribution in [3.05, 3.63) is 194 Å². The van der Waals surface area contributed by atoms with E-state index in [1.807, 2.05) is 24.3 Å². The number of benzene rings is 9. The van der Waals surface area contributed by atoms with Gasteiger partial charge in [0.05, 0.1) is 22.1 Å². The van der Waals surface area contributed by atoms with Gasteiger partial charge < -0.3 is 8.98 Å². The molecule has 0 N–H and O–H groups in total. The van der Waals surface area contributed by atoms with E-state index in [0.29, 0.717) is 23.5 Å². The first-order valence-corrected chi connectivity index (χ1v) is 20.4. The lowest BCUT2D eigenvalue weighted by Crippen LogP contribution is -2.07. The molecule has 0 bridgehead atoms. The van der Waals surface area contributed by atoms with Crippen LogP contribution in [0.1, 0.15) is 0 Å². The topological polar surface area (TPSA) is 74.6 Å². The van der Waals surface area contributed by atoms with E-state index in [4.69, 9.17) is 24.4 Å². The Morgan fingerprint density at radius 3 is 1.49 bits per heavy atom. The van der Waals surface area contributed by atoms with Crippen LogP contribution < -0.4 is 0 Å². The first-order chi connectivity index (χ1) is 30.2. The molecular weight excluding hydrogens is 749 g/mol. The standard InChI is InChI=1S/C54H32N6O/c1-3-17-37-33(13-1)15-11-21-43(37)51-56-52(44-22-12-16-34-14-2-4-18-38(34)44)58-54(57-51)60-47-25-9-6-20-40(47)42-32-31-41-39-19-5-8-24-46(39)59(49(41)50(42)60)36-29-27-35(28-30-36)53-55-45-23-7-10-26-48(45)61-53/h1-32H. The summed E-state index contributed by atoms with van der Waals surface area (Å²) < 4.78 is 10.8. The van der Waals surface area contributed by atoms with Crippen molar-refractivity contribution in [1.82, 2.24) is 29.1 Å². The third-order valence-corrected chi connectivity index (χ3v) is 12.0. The van der Waals surface area contributed by atoms with Crippen LogP contribution in [-0.4, -0.2) is 29.1 Å². The Labute approximate surface area is 348 Å². The van der Waals surface area contributed by atoms with E-state index in [0.717, 1.165) is 98.6 Å². The van der Waals surface area contributed by atoms with Crippen molar-refractivity contribution in [3.8, 4) is 45.9 Å². The maximum atomic E-state index is 6.17. The van der Waals surface area contributed by atoms with Crippen LogP contribution in [0.25, 0.3) is 122 Å². The molecule has 9 aromatic carbocycles. The van der Waals surface area contributed by atoms with Gasteiger partial charge in [0, 0.05) is 43.9 Å². The maximum absolute atomic E-state index is 6.17. The molecule has 0 saturated carbocycles. The smallest absolute Gasteiger partial charge is 0.238 e. The SMILES string of the molecule is c1ccc2c(-c3nc(-c4cccc5ccccc45)nc(-n4c5ccccc5c5ccc6c7ccccc7n(-c7ccc(-c8nc9ccccc9o8)cc7)c6c54)n3)cccc2c1. The molecule has 7 nitrogen and oxygen atoms in total. The zero-order chi connectivity index (χ0) is 40.0. The molecule has 0 spiro atoms. The average Bonchev–Trinajstić information content (AvgIpc) is 4.02. The molecule has 0 aliphatic rings. The number of hydrogen-bond acceptors (Lipinski definition) is 5. The summed E-state index contributed by atoms with van der Waals surface area (Å²) in [6.07, 6.45) is 0. The highest BCUT2D eigenvalue weighted by molar-refractivity contribution is 6.23. The van der Waals surface area contributed by atoms with Gasteiger partial charge in [-0.05, 0) is 70.1 Å². The Balaban J connectivity index is 1.13. The minimum absolute atomic E-state index is 0.544. The molecule has 0 atom stereocenters. The number of aromatic nitrogens is 6. The molecule has 0 fully saturated rings. The molecule has 4 aromatic heterocycles. The normalized spacial score (nSPS) is 11.9. The van der Waals surface area contributed by atoms with Crippen LogP contribution in [0.5, 0.6) is 0 Å². The lowest BCUT2D eigenvalue weighted by atomic mass is 10.0. The van der Waals surface area contributed by atoms with Crippen molar-refractivity contribution in [1.29, 1.82) is 0 Å². The van der Waals surface area contributed by atoms with Gasteiger partial charge in [0.2, 0.25) is 11.8 Å². The molecule has 7 heteroatoms. The zero-order valence-corrected chi connectivity index (χ0v) is 32.6. The van der Waals surface area contributed by atoms with Crippen molar-refractivity contribution in [2.24, 2.45) is 0 Å². The minimum Gasteiger partial charge on any atom is -0.436 e. The zero-order valence-electron chi connectivity index (χ0n) is 32.6. The number of fused-ring (bicyclic) bond motifs is 10. The summed E-state index contributed by atoms with van der Waals surface area (Å²) in [5, 5.41) is 8.91. The summed E-state index contributed by atoms with van der Waals surface area (Å²) in [5.41, 5.74) is 9.59. The Morgan fingerprint density at radius 1 is 0.361 bits per heavy atom. The molecular formula is C54H32N6O. The van der Waals surface area contributed by atoms with Gasteiger partial charge in [-0.3, -0.25) is 4.57 Å². The van der Waals surface area contributed by atoms with E-state index in [9.17, 15) is 0 Å². The van der Waals surface area contributed by atoms with E-state index in [-0.39, 0.29) is 0 Å². The molecule has 0 unspecified atom stereocenters. The van der Waals surface area contributed by atoms with E-state index in [1.54, 1.807) is 0 Å². The minimum atomic E-state index is 0.544. The van der Waals surface area contributed by atoms with Gasteiger partial charge in [-0.2, -0.15) is 9.97 Å². The number of para-hydroxylation sites is 4. The van der Waals surface area contributed by atoms with Crippen LogP contribution in [-0.2, 0) is 0 Å². The molecule has 0 amide bonds. The Bertz CT molecular complexity index is 3750. The first-order valence-electron chi connectivity index (χ1n) is 20.4. The van der Waals surface area contributed by atoms with Gasteiger partial charge >= 0.3 is 0 Å². The summed E-state index contributed by atoms with van der Waals surface area (Å²) in [5.74, 6) is 2.36. The highest BCUT2D eigenvalue weighted by atomic mass is 16.3. The Kier molecular flexibility index (Phi) is 7.17. The summed E-state index contributed by atoms with van der Waals surface area (Å²) in [6, 6.07) is 67.5.